The predicted octanol–water partition coefficient (Wildman–Crippen LogP) is 1.49. The molecule has 0 aliphatic carbocycles. The van der Waals surface area contributed by atoms with Crippen molar-refractivity contribution < 1.29 is 9.90 Å². The highest BCUT2D eigenvalue weighted by molar-refractivity contribution is 5.72. The van der Waals surface area contributed by atoms with Gasteiger partial charge in [-0.3, -0.25) is 4.79 Å². The van der Waals surface area contributed by atoms with E-state index in [-0.39, 0.29) is 0 Å². The highest BCUT2D eigenvalue weighted by atomic mass is 16.4. The van der Waals surface area contributed by atoms with Gasteiger partial charge in [-0.2, -0.15) is 0 Å². The Labute approximate surface area is 74.2 Å². The van der Waals surface area contributed by atoms with Crippen LogP contribution in [0.25, 0.3) is 0 Å². The van der Waals surface area contributed by atoms with Crippen LogP contribution in [0.3, 0.4) is 0 Å². The van der Waals surface area contributed by atoms with E-state index in [1.807, 2.05) is 0 Å². The van der Waals surface area contributed by atoms with Crippen molar-refractivity contribution in [3.63, 3.8) is 0 Å². The summed E-state index contributed by atoms with van der Waals surface area (Å²) in [6.45, 7) is 6.73. The van der Waals surface area contributed by atoms with E-state index in [0.717, 1.165) is 19.4 Å². The Morgan fingerprint density at radius 1 is 1.42 bits per heavy atom. The van der Waals surface area contributed by atoms with Crippen molar-refractivity contribution in [2.45, 2.75) is 39.7 Å². The molecule has 0 aromatic carbocycles. The van der Waals surface area contributed by atoms with Crippen LogP contribution in [-0.4, -0.2) is 23.7 Å². The summed E-state index contributed by atoms with van der Waals surface area (Å²) in [7, 11) is 0. The van der Waals surface area contributed by atoms with Gasteiger partial charge in [-0.05, 0) is 19.4 Å². The second-order valence-corrected chi connectivity index (χ2v) is 3.15. The van der Waals surface area contributed by atoms with Gasteiger partial charge in [-0.1, -0.05) is 26.7 Å². The van der Waals surface area contributed by atoms with Crippen LogP contribution in [0.4, 0.5) is 0 Å². The molecule has 12 heavy (non-hydrogen) atoms. The molecule has 0 fully saturated rings. The predicted molar refractivity (Wildman–Crippen MR) is 49.2 cm³/mol. The molecule has 0 aromatic heterocycles. The Hall–Kier alpha value is -0.570. The highest BCUT2D eigenvalue weighted by Crippen LogP contribution is 2.05. The van der Waals surface area contributed by atoms with Crippen molar-refractivity contribution in [1.29, 1.82) is 0 Å². The zero-order chi connectivity index (χ0) is 9.56. The first kappa shape index (κ1) is 11.4. The molecule has 0 radical (unpaired) electrons. The molecular formula is C9H19NO2. The summed E-state index contributed by atoms with van der Waals surface area (Å²) in [6, 6.07) is -0.425. The van der Waals surface area contributed by atoms with Crippen LogP contribution in [-0.2, 0) is 4.79 Å². The number of aliphatic carboxylic acids is 1. The van der Waals surface area contributed by atoms with Gasteiger partial charge in [0.15, 0.2) is 0 Å². The highest BCUT2D eigenvalue weighted by Gasteiger charge is 2.11. The van der Waals surface area contributed by atoms with Crippen molar-refractivity contribution in [2.75, 3.05) is 6.54 Å². The molecule has 3 heteroatoms. The summed E-state index contributed by atoms with van der Waals surface area (Å²) in [4.78, 5) is 10.4. The lowest BCUT2D eigenvalue weighted by molar-refractivity contribution is -0.139. The lowest BCUT2D eigenvalue weighted by atomic mass is 10.0. The average Bonchev–Trinajstić information content (AvgIpc) is 2.05. The van der Waals surface area contributed by atoms with Gasteiger partial charge in [0.25, 0.3) is 0 Å². The Bertz CT molecular complexity index is 132. The molecule has 0 spiro atoms. The third-order valence-electron chi connectivity index (χ3n) is 2.24. The zero-order valence-corrected chi connectivity index (χ0v) is 8.13. The van der Waals surface area contributed by atoms with E-state index in [9.17, 15) is 4.79 Å². The number of carbonyl (C=O) groups is 1. The van der Waals surface area contributed by atoms with E-state index in [1.54, 1.807) is 6.92 Å². The van der Waals surface area contributed by atoms with Crippen LogP contribution in [0.1, 0.15) is 33.6 Å². The molecule has 2 N–H and O–H groups in total. The van der Waals surface area contributed by atoms with Crippen LogP contribution in [0.15, 0.2) is 0 Å². The molecule has 0 amide bonds. The van der Waals surface area contributed by atoms with E-state index < -0.39 is 12.0 Å². The van der Waals surface area contributed by atoms with Crippen LogP contribution >= 0.6 is 0 Å². The third kappa shape index (κ3) is 4.34. The summed E-state index contributed by atoms with van der Waals surface area (Å²) < 4.78 is 0. The van der Waals surface area contributed by atoms with Gasteiger partial charge in [0.2, 0.25) is 0 Å². The molecule has 72 valence electrons. The van der Waals surface area contributed by atoms with Crippen molar-refractivity contribution in [3.8, 4) is 0 Å². The minimum absolute atomic E-state index is 0.425. The second-order valence-electron chi connectivity index (χ2n) is 3.15. The first-order valence-electron chi connectivity index (χ1n) is 4.57. The van der Waals surface area contributed by atoms with Gasteiger partial charge in [0.1, 0.15) is 6.04 Å². The lowest BCUT2D eigenvalue weighted by Gasteiger charge is -2.15. The number of rotatable bonds is 6. The molecule has 1 atom stereocenters. The molecule has 0 aliphatic rings. The topological polar surface area (TPSA) is 49.3 Å². The van der Waals surface area contributed by atoms with Crippen molar-refractivity contribution in [2.24, 2.45) is 5.92 Å². The fraction of sp³-hybridized carbons (Fsp3) is 0.889. The Morgan fingerprint density at radius 2 is 1.92 bits per heavy atom. The second kappa shape index (κ2) is 6.00. The number of carboxylic acid groups (broad SMARTS) is 1. The molecule has 0 heterocycles. The van der Waals surface area contributed by atoms with Gasteiger partial charge < -0.3 is 10.4 Å². The normalized spacial score (nSPS) is 13.3. The maximum absolute atomic E-state index is 10.4. The summed E-state index contributed by atoms with van der Waals surface area (Å²) in [5.74, 6) is -0.173. The average molecular weight is 173 g/mol. The van der Waals surface area contributed by atoms with Gasteiger partial charge in [0.05, 0.1) is 0 Å². The van der Waals surface area contributed by atoms with Crippen LogP contribution in [0.2, 0.25) is 0 Å². The molecule has 0 rings (SSSR count). The SMILES string of the molecule is CCC(CC)CN[C@H](C)C(=O)O. The standard InChI is InChI=1S/C9H19NO2/c1-4-8(5-2)6-10-7(3)9(11)12/h7-8,10H,4-6H2,1-3H3,(H,11,12)/t7-/m1/s1. The molecule has 0 aromatic rings. The first-order valence-corrected chi connectivity index (χ1v) is 4.57. The van der Waals surface area contributed by atoms with E-state index in [2.05, 4.69) is 19.2 Å². The number of nitrogens with one attached hydrogen (secondary N) is 1. The third-order valence-corrected chi connectivity index (χ3v) is 2.24. The molecule has 0 saturated heterocycles. The van der Waals surface area contributed by atoms with E-state index in [0.29, 0.717) is 5.92 Å². The van der Waals surface area contributed by atoms with Crippen LogP contribution in [0, 0.1) is 5.92 Å². The van der Waals surface area contributed by atoms with E-state index in [4.69, 9.17) is 5.11 Å². The monoisotopic (exact) mass is 173 g/mol. The fourth-order valence-electron chi connectivity index (χ4n) is 1.01. The lowest BCUT2D eigenvalue weighted by Crippen LogP contribution is -2.36. The molecular weight excluding hydrogens is 154 g/mol. The molecule has 0 bridgehead atoms. The smallest absolute Gasteiger partial charge is 0.320 e. The summed E-state index contributed by atoms with van der Waals surface area (Å²) in [6.07, 6.45) is 2.21. The Balaban J connectivity index is 3.58. The van der Waals surface area contributed by atoms with E-state index >= 15 is 0 Å². The summed E-state index contributed by atoms with van der Waals surface area (Å²) in [5, 5.41) is 11.6. The molecule has 3 nitrogen and oxygen atoms in total. The summed E-state index contributed by atoms with van der Waals surface area (Å²) >= 11 is 0. The molecule has 0 saturated carbocycles. The van der Waals surface area contributed by atoms with E-state index in [1.165, 1.54) is 0 Å². The minimum atomic E-state index is -0.777. The molecule has 0 aliphatic heterocycles. The number of carboxylic acids is 1. The van der Waals surface area contributed by atoms with Crippen molar-refractivity contribution in [3.05, 3.63) is 0 Å². The van der Waals surface area contributed by atoms with Gasteiger partial charge >= 0.3 is 5.97 Å². The van der Waals surface area contributed by atoms with Crippen molar-refractivity contribution in [1.82, 2.24) is 5.32 Å². The first-order chi connectivity index (χ1) is 5.61. The van der Waals surface area contributed by atoms with Gasteiger partial charge in [0, 0.05) is 0 Å². The van der Waals surface area contributed by atoms with Crippen LogP contribution in [0.5, 0.6) is 0 Å². The quantitative estimate of drug-likeness (QED) is 0.639. The fourth-order valence-corrected chi connectivity index (χ4v) is 1.01. The minimum Gasteiger partial charge on any atom is -0.480 e. The molecule has 0 unspecified atom stereocenters. The van der Waals surface area contributed by atoms with Gasteiger partial charge in [-0.25, -0.2) is 0 Å². The van der Waals surface area contributed by atoms with Crippen molar-refractivity contribution >= 4 is 5.97 Å². The Morgan fingerprint density at radius 3 is 2.25 bits per heavy atom. The summed E-state index contributed by atoms with van der Waals surface area (Å²) in [5.41, 5.74) is 0. The van der Waals surface area contributed by atoms with Crippen LogP contribution < -0.4 is 5.32 Å². The number of hydrogen-bond donors (Lipinski definition) is 2. The zero-order valence-electron chi connectivity index (χ0n) is 8.13. The number of hydrogen-bond acceptors (Lipinski definition) is 2. The van der Waals surface area contributed by atoms with Gasteiger partial charge in [-0.15, -0.1) is 0 Å². The maximum atomic E-state index is 10.4. The Kier molecular flexibility index (Phi) is 5.72. The maximum Gasteiger partial charge on any atom is 0.320 e. The largest absolute Gasteiger partial charge is 0.480 e.